The van der Waals surface area contributed by atoms with Gasteiger partial charge in [-0.15, -0.1) is 0 Å². The lowest BCUT2D eigenvalue weighted by molar-refractivity contribution is -0.152. The average molecular weight is 463 g/mol. The zero-order chi connectivity index (χ0) is 22.4. The van der Waals surface area contributed by atoms with E-state index in [1.165, 1.54) is 55.7 Å². The normalized spacial score (nSPS) is 23.9. The zero-order valence-corrected chi connectivity index (χ0v) is 17.2. The first-order valence-corrected chi connectivity index (χ1v) is 11.1. The van der Waals surface area contributed by atoms with Gasteiger partial charge in [-0.3, -0.25) is 40.0 Å². The van der Waals surface area contributed by atoms with Gasteiger partial charge in [-0.2, -0.15) is 0 Å². The van der Waals surface area contributed by atoms with E-state index in [1.807, 2.05) is 0 Å². The molecule has 166 valence electrons. The first kappa shape index (κ1) is 24.2. The van der Waals surface area contributed by atoms with Crippen LogP contribution in [0, 0.1) is 10.8 Å². The van der Waals surface area contributed by atoms with E-state index in [0.717, 1.165) is 0 Å². The quantitative estimate of drug-likeness (QED) is 0.0824. The van der Waals surface area contributed by atoms with Crippen molar-refractivity contribution < 1.29 is 40.0 Å². The predicted molar refractivity (Wildman–Crippen MR) is 104 cm³/mol. The molecule has 0 aromatic rings. The molecule has 0 aromatic carbocycles. The highest BCUT2D eigenvalue weighted by molar-refractivity contribution is 8.77. The van der Waals surface area contributed by atoms with Gasteiger partial charge in [0.05, 0.1) is 0 Å². The van der Waals surface area contributed by atoms with Gasteiger partial charge in [-0.1, -0.05) is 45.9 Å². The SMILES string of the molecule is O=C(NO)C1(C(=O)NO)C=CC(SSC2C=CC(C(=O)NO)(C(=O)NO)CC2)CC1. The van der Waals surface area contributed by atoms with E-state index >= 15 is 0 Å². The molecule has 0 heterocycles. The summed E-state index contributed by atoms with van der Waals surface area (Å²) in [5.41, 5.74) is 2.36. The molecule has 2 atom stereocenters. The van der Waals surface area contributed by atoms with Crippen LogP contribution in [0.5, 0.6) is 0 Å². The summed E-state index contributed by atoms with van der Waals surface area (Å²) in [4.78, 5) is 47.7. The Labute approximate surface area is 178 Å². The Morgan fingerprint density at radius 2 is 0.967 bits per heavy atom. The fourth-order valence-corrected chi connectivity index (χ4v) is 6.12. The van der Waals surface area contributed by atoms with E-state index < -0.39 is 34.5 Å². The smallest absolute Gasteiger partial charge is 0.262 e. The molecule has 0 spiro atoms. The number of hydroxylamine groups is 4. The van der Waals surface area contributed by atoms with Crippen LogP contribution < -0.4 is 21.9 Å². The van der Waals surface area contributed by atoms with Crippen LogP contribution in [0.25, 0.3) is 0 Å². The van der Waals surface area contributed by atoms with Crippen LogP contribution in [0.1, 0.15) is 25.7 Å². The van der Waals surface area contributed by atoms with E-state index in [2.05, 4.69) is 0 Å². The molecule has 2 unspecified atom stereocenters. The topological polar surface area (TPSA) is 197 Å². The van der Waals surface area contributed by atoms with Crippen LogP contribution in [0.3, 0.4) is 0 Å². The summed E-state index contributed by atoms with van der Waals surface area (Å²) in [5, 5.41) is 35.4. The molecule has 2 aliphatic carbocycles. The summed E-state index contributed by atoms with van der Waals surface area (Å²) in [6, 6.07) is 0. The molecule has 0 fully saturated rings. The molecule has 0 aliphatic heterocycles. The van der Waals surface area contributed by atoms with Gasteiger partial charge >= 0.3 is 0 Å². The average Bonchev–Trinajstić information content (AvgIpc) is 2.81. The Balaban J connectivity index is 2.01. The lowest BCUT2D eigenvalue weighted by Gasteiger charge is -2.32. The number of hydrogen-bond acceptors (Lipinski definition) is 10. The van der Waals surface area contributed by atoms with Gasteiger partial charge < -0.3 is 0 Å². The molecule has 8 N–H and O–H groups in total. The number of nitrogens with one attached hydrogen (secondary N) is 4. The summed E-state index contributed by atoms with van der Waals surface area (Å²) in [6.45, 7) is 0. The van der Waals surface area contributed by atoms with Gasteiger partial charge in [0.25, 0.3) is 23.6 Å². The van der Waals surface area contributed by atoms with E-state index in [1.54, 1.807) is 12.2 Å². The lowest BCUT2D eigenvalue weighted by atomic mass is 9.77. The maximum Gasteiger partial charge on any atom is 0.262 e. The Bertz CT molecular complexity index is 666. The van der Waals surface area contributed by atoms with E-state index in [0.29, 0.717) is 12.8 Å². The predicted octanol–water partition coefficient (Wildman–Crippen LogP) is -0.201. The molecule has 0 saturated heterocycles. The highest BCUT2D eigenvalue weighted by Gasteiger charge is 2.47. The summed E-state index contributed by atoms with van der Waals surface area (Å²) >= 11 is 0. The van der Waals surface area contributed by atoms with Crippen molar-refractivity contribution in [2.45, 2.75) is 36.2 Å². The minimum Gasteiger partial charge on any atom is -0.289 e. The number of amides is 4. The van der Waals surface area contributed by atoms with Crippen LogP contribution >= 0.6 is 21.6 Å². The van der Waals surface area contributed by atoms with Gasteiger partial charge in [-0.05, 0) is 25.7 Å². The van der Waals surface area contributed by atoms with Crippen molar-refractivity contribution in [3.63, 3.8) is 0 Å². The lowest BCUT2D eigenvalue weighted by Crippen LogP contribution is -2.50. The van der Waals surface area contributed by atoms with Crippen molar-refractivity contribution in [2.24, 2.45) is 10.8 Å². The van der Waals surface area contributed by atoms with E-state index in [4.69, 9.17) is 20.8 Å². The Hall–Kier alpha value is -2.10. The second kappa shape index (κ2) is 10.3. The molecular weight excluding hydrogens is 440 g/mol. The Kier molecular flexibility index (Phi) is 8.28. The van der Waals surface area contributed by atoms with Crippen LogP contribution in [0.4, 0.5) is 0 Å². The minimum absolute atomic E-state index is 0.0669. The molecule has 0 saturated carbocycles. The third-order valence-corrected chi connectivity index (χ3v) is 8.37. The molecule has 4 amide bonds. The zero-order valence-electron chi connectivity index (χ0n) is 15.5. The largest absolute Gasteiger partial charge is 0.289 e. The van der Waals surface area contributed by atoms with Crippen molar-refractivity contribution in [1.29, 1.82) is 0 Å². The van der Waals surface area contributed by atoms with Gasteiger partial charge in [-0.25, -0.2) is 21.9 Å². The summed E-state index contributed by atoms with van der Waals surface area (Å²) in [7, 11) is 2.92. The fraction of sp³-hybridized carbons (Fsp3) is 0.500. The summed E-state index contributed by atoms with van der Waals surface area (Å²) in [6.07, 6.45) is 6.91. The van der Waals surface area contributed by atoms with Crippen LogP contribution in [0.2, 0.25) is 0 Å². The third-order valence-electron chi connectivity index (χ3n) is 5.17. The van der Waals surface area contributed by atoms with Crippen LogP contribution in [-0.4, -0.2) is 55.0 Å². The number of carbonyl (C=O) groups is 4. The molecule has 2 aliphatic rings. The standard InChI is InChI=1S/C16H22N4O8S2/c21-11(17-25)15(12(22)18-26)5-1-9(2-6-15)29-30-10-3-7-16(8-4-10,13(23)19-27)14(24)20-28/h1,3,5,7,9-10,25-28H,2,4,6,8H2,(H,17,21)(H,18,22)(H,19,23)(H,20,24). The number of carbonyl (C=O) groups excluding carboxylic acids is 4. The maximum absolute atomic E-state index is 11.9. The van der Waals surface area contributed by atoms with Crippen molar-refractivity contribution in [3.05, 3.63) is 24.3 Å². The Morgan fingerprint density at radius 3 is 1.17 bits per heavy atom. The van der Waals surface area contributed by atoms with Gasteiger partial charge in [0.15, 0.2) is 0 Å². The van der Waals surface area contributed by atoms with E-state index in [-0.39, 0.29) is 23.3 Å². The van der Waals surface area contributed by atoms with Crippen molar-refractivity contribution in [3.8, 4) is 0 Å². The second-order valence-corrected chi connectivity index (χ2v) is 9.52. The van der Waals surface area contributed by atoms with Crippen LogP contribution in [0.15, 0.2) is 24.3 Å². The second-order valence-electron chi connectivity index (χ2n) is 6.77. The molecule has 2 rings (SSSR count). The van der Waals surface area contributed by atoms with Crippen molar-refractivity contribution in [1.82, 2.24) is 21.9 Å². The van der Waals surface area contributed by atoms with E-state index in [9.17, 15) is 19.2 Å². The first-order chi connectivity index (χ1) is 14.3. The van der Waals surface area contributed by atoms with Crippen molar-refractivity contribution >= 4 is 45.2 Å². The maximum atomic E-state index is 11.9. The van der Waals surface area contributed by atoms with Crippen LogP contribution in [-0.2, 0) is 19.2 Å². The molecule has 14 heteroatoms. The summed E-state index contributed by atoms with van der Waals surface area (Å²) < 4.78 is 0. The van der Waals surface area contributed by atoms with Gasteiger partial charge in [0, 0.05) is 10.5 Å². The third kappa shape index (κ3) is 4.63. The van der Waals surface area contributed by atoms with Gasteiger partial charge in [0.2, 0.25) is 0 Å². The highest BCUT2D eigenvalue weighted by atomic mass is 33.1. The minimum atomic E-state index is -1.70. The van der Waals surface area contributed by atoms with Crippen molar-refractivity contribution in [2.75, 3.05) is 0 Å². The Morgan fingerprint density at radius 1 is 0.667 bits per heavy atom. The number of rotatable bonds is 7. The molecule has 12 nitrogen and oxygen atoms in total. The number of hydrogen-bond donors (Lipinski definition) is 8. The first-order valence-electron chi connectivity index (χ1n) is 8.78. The molecule has 0 aromatic heterocycles. The summed E-state index contributed by atoms with van der Waals surface area (Å²) in [5.74, 6) is -3.79. The fourth-order valence-electron chi connectivity index (χ4n) is 3.31. The molecule has 0 radical (unpaired) electrons. The molecule has 30 heavy (non-hydrogen) atoms. The monoisotopic (exact) mass is 462 g/mol. The molecular formula is C16H22N4O8S2. The van der Waals surface area contributed by atoms with Gasteiger partial charge in [0.1, 0.15) is 10.8 Å². The molecule has 0 bridgehead atoms. The highest BCUT2D eigenvalue weighted by Crippen LogP contribution is 2.44.